The standard InChI is InChI=1S/C14H17BrO/c1-14(2,3)12-7-5-9-4-6-10(15)8-11(9)13(12)16/h4,6,8,12H,5,7H2,1-3H3. The predicted molar refractivity (Wildman–Crippen MR) is 69.7 cm³/mol. The molecule has 0 amide bonds. The zero-order chi connectivity index (χ0) is 11.9. The van der Waals surface area contributed by atoms with Crippen LogP contribution in [0.4, 0.5) is 0 Å². The lowest BCUT2D eigenvalue weighted by molar-refractivity contribution is 0.0788. The summed E-state index contributed by atoms with van der Waals surface area (Å²) in [6.45, 7) is 6.45. The van der Waals surface area contributed by atoms with Crippen LogP contribution in [0.25, 0.3) is 0 Å². The summed E-state index contributed by atoms with van der Waals surface area (Å²) in [5.74, 6) is 0.476. The van der Waals surface area contributed by atoms with Crippen LogP contribution >= 0.6 is 15.9 Å². The minimum atomic E-state index is 0.0666. The summed E-state index contributed by atoms with van der Waals surface area (Å²) >= 11 is 3.44. The molecule has 1 aliphatic carbocycles. The lowest BCUT2D eigenvalue weighted by Crippen LogP contribution is -2.32. The molecule has 0 saturated heterocycles. The summed E-state index contributed by atoms with van der Waals surface area (Å²) in [5.41, 5.74) is 2.19. The van der Waals surface area contributed by atoms with Gasteiger partial charge in [-0.1, -0.05) is 42.8 Å². The van der Waals surface area contributed by atoms with Crippen LogP contribution in [-0.2, 0) is 6.42 Å². The first-order valence-electron chi connectivity index (χ1n) is 5.72. The highest BCUT2D eigenvalue weighted by atomic mass is 79.9. The molecule has 2 rings (SSSR count). The quantitative estimate of drug-likeness (QED) is 0.695. The van der Waals surface area contributed by atoms with Crippen molar-refractivity contribution in [3.63, 3.8) is 0 Å². The predicted octanol–water partition coefficient (Wildman–Crippen LogP) is 4.24. The molecule has 0 bridgehead atoms. The lowest BCUT2D eigenvalue weighted by atomic mass is 9.70. The van der Waals surface area contributed by atoms with Gasteiger partial charge < -0.3 is 0 Å². The lowest BCUT2D eigenvalue weighted by Gasteiger charge is -2.33. The van der Waals surface area contributed by atoms with Crippen LogP contribution in [0, 0.1) is 11.3 Å². The number of Topliss-reactive ketones (excluding diaryl/α,β-unsaturated/α-hetero) is 1. The largest absolute Gasteiger partial charge is 0.294 e. The van der Waals surface area contributed by atoms with Crippen LogP contribution in [0.5, 0.6) is 0 Å². The second-order valence-electron chi connectivity index (χ2n) is 5.62. The Labute approximate surface area is 105 Å². The zero-order valence-corrected chi connectivity index (χ0v) is 11.6. The second-order valence-corrected chi connectivity index (χ2v) is 6.54. The molecule has 0 heterocycles. The minimum Gasteiger partial charge on any atom is -0.294 e. The summed E-state index contributed by atoms with van der Waals surface area (Å²) in [4.78, 5) is 12.4. The average Bonchev–Trinajstić information content (AvgIpc) is 2.17. The van der Waals surface area contributed by atoms with Crippen LogP contribution in [0.1, 0.15) is 43.1 Å². The highest BCUT2D eigenvalue weighted by Crippen LogP contribution is 2.37. The molecule has 0 spiro atoms. The molecule has 0 aromatic heterocycles. The van der Waals surface area contributed by atoms with E-state index in [2.05, 4.69) is 42.8 Å². The van der Waals surface area contributed by atoms with Crippen LogP contribution in [-0.4, -0.2) is 5.78 Å². The number of aryl methyl sites for hydroxylation is 1. The highest BCUT2D eigenvalue weighted by molar-refractivity contribution is 9.10. The normalized spacial score (nSPS) is 20.8. The topological polar surface area (TPSA) is 17.1 Å². The Morgan fingerprint density at radius 3 is 2.62 bits per heavy atom. The van der Waals surface area contributed by atoms with E-state index in [0.29, 0.717) is 5.78 Å². The summed E-state index contributed by atoms with van der Waals surface area (Å²) in [6.07, 6.45) is 2.01. The first-order valence-corrected chi connectivity index (χ1v) is 6.51. The van der Waals surface area contributed by atoms with E-state index in [9.17, 15) is 4.79 Å². The molecule has 0 N–H and O–H groups in total. The molecule has 1 unspecified atom stereocenters. The summed E-state index contributed by atoms with van der Waals surface area (Å²) in [5, 5.41) is 0. The number of fused-ring (bicyclic) bond motifs is 1. The molecule has 0 aliphatic heterocycles. The molecule has 1 aromatic carbocycles. The number of halogens is 1. The third kappa shape index (κ3) is 2.08. The molecule has 0 fully saturated rings. The Balaban J connectivity index is 2.42. The fourth-order valence-electron chi connectivity index (χ4n) is 2.44. The van der Waals surface area contributed by atoms with E-state index in [0.717, 1.165) is 22.9 Å². The molecular weight excluding hydrogens is 264 g/mol. The summed E-state index contributed by atoms with van der Waals surface area (Å²) < 4.78 is 0.995. The molecule has 1 nitrogen and oxygen atoms in total. The fraction of sp³-hybridized carbons (Fsp3) is 0.500. The average molecular weight is 281 g/mol. The molecule has 1 aromatic rings. The van der Waals surface area contributed by atoms with Crippen LogP contribution < -0.4 is 0 Å². The van der Waals surface area contributed by atoms with E-state index in [1.807, 2.05) is 12.1 Å². The van der Waals surface area contributed by atoms with E-state index in [1.165, 1.54) is 5.56 Å². The van der Waals surface area contributed by atoms with Crippen molar-refractivity contribution >= 4 is 21.7 Å². The summed E-state index contributed by atoms with van der Waals surface area (Å²) in [7, 11) is 0. The molecule has 86 valence electrons. The van der Waals surface area contributed by atoms with E-state index in [1.54, 1.807) is 0 Å². The van der Waals surface area contributed by atoms with Gasteiger partial charge in [0.2, 0.25) is 0 Å². The van der Waals surface area contributed by atoms with E-state index in [4.69, 9.17) is 0 Å². The number of hydrogen-bond acceptors (Lipinski definition) is 1. The Bertz CT molecular complexity index is 429. The number of benzene rings is 1. The van der Waals surface area contributed by atoms with E-state index in [-0.39, 0.29) is 11.3 Å². The molecule has 2 heteroatoms. The Morgan fingerprint density at radius 2 is 2.00 bits per heavy atom. The molecule has 0 radical (unpaired) electrons. The van der Waals surface area contributed by atoms with Gasteiger partial charge >= 0.3 is 0 Å². The van der Waals surface area contributed by atoms with E-state index >= 15 is 0 Å². The van der Waals surface area contributed by atoms with Crippen molar-refractivity contribution in [2.75, 3.05) is 0 Å². The smallest absolute Gasteiger partial charge is 0.166 e. The molecular formula is C14H17BrO. The van der Waals surface area contributed by atoms with Crippen LogP contribution in [0.3, 0.4) is 0 Å². The van der Waals surface area contributed by atoms with Crippen molar-refractivity contribution in [2.24, 2.45) is 11.3 Å². The van der Waals surface area contributed by atoms with Gasteiger partial charge in [0.05, 0.1) is 0 Å². The maximum absolute atomic E-state index is 12.4. The van der Waals surface area contributed by atoms with Crippen molar-refractivity contribution < 1.29 is 4.79 Å². The highest BCUT2D eigenvalue weighted by Gasteiger charge is 2.35. The third-order valence-corrected chi connectivity index (χ3v) is 3.89. The van der Waals surface area contributed by atoms with Gasteiger partial charge in [-0.3, -0.25) is 4.79 Å². The zero-order valence-electron chi connectivity index (χ0n) is 10.0. The first-order chi connectivity index (χ1) is 7.39. The van der Waals surface area contributed by atoms with Gasteiger partial charge in [0, 0.05) is 16.0 Å². The Kier molecular flexibility index (Phi) is 2.95. The molecule has 1 atom stereocenters. The van der Waals surface area contributed by atoms with Gasteiger partial charge in [0.25, 0.3) is 0 Å². The summed E-state index contributed by atoms with van der Waals surface area (Å²) in [6, 6.07) is 6.05. The number of rotatable bonds is 0. The van der Waals surface area contributed by atoms with Gasteiger partial charge in [0.1, 0.15) is 0 Å². The number of carbonyl (C=O) groups is 1. The monoisotopic (exact) mass is 280 g/mol. The third-order valence-electron chi connectivity index (χ3n) is 3.40. The van der Waals surface area contributed by atoms with Crippen LogP contribution in [0.15, 0.2) is 22.7 Å². The fourth-order valence-corrected chi connectivity index (χ4v) is 2.80. The maximum atomic E-state index is 12.4. The Hall–Kier alpha value is -0.630. The van der Waals surface area contributed by atoms with Crippen molar-refractivity contribution in [3.05, 3.63) is 33.8 Å². The minimum absolute atomic E-state index is 0.0666. The molecule has 16 heavy (non-hydrogen) atoms. The van der Waals surface area contributed by atoms with Crippen molar-refractivity contribution in [1.82, 2.24) is 0 Å². The van der Waals surface area contributed by atoms with E-state index < -0.39 is 0 Å². The number of ketones is 1. The first kappa shape index (κ1) is 11.8. The van der Waals surface area contributed by atoms with Gasteiger partial charge in [-0.2, -0.15) is 0 Å². The van der Waals surface area contributed by atoms with Crippen molar-refractivity contribution in [1.29, 1.82) is 0 Å². The van der Waals surface area contributed by atoms with Gasteiger partial charge in [0.15, 0.2) is 5.78 Å². The van der Waals surface area contributed by atoms with Gasteiger partial charge in [-0.25, -0.2) is 0 Å². The second kappa shape index (κ2) is 3.99. The number of hydrogen-bond donors (Lipinski definition) is 0. The van der Waals surface area contributed by atoms with Crippen molar-refractivity contribution in [2.45, 2.75) is 33.6 Å². The molecule has 0 saturated carbocycles. The SMILES string of the molecule is CC(C)(C)C1CCc2ccc(Br)cc2C1=O. The van der Waals surface area contributed by atoms with Gasteiger partial charge in [-0.15, -0.1) is 0 Å². The maximum Gasteiger partial charge on any atom is 0.166 e. The van der Waals surface area contributed by atoms with Crippen LogP contribution in [0.2, 0.25) is 0 Å². The molecule has 1 aliphatic rings. The number of carbonyl (C=O) groups excluding carboxylic acids is 1. The van der Waals surface area contributed by atoms with Gasteiger partial charge in [-0.05, 0) is 36.0 Å². The Morgan fingerprint density at radius 1 is 1.31 bits per heavy atom. The van der Waals surface area contributed by atoms with Crippen molar-refractivity contribution in [3.8, 4) is 0 Å².